The molecule has 18 heavy (non-hydrogen) atoms. The Morgan fingerprint density at radius 2 is 2.33 bits per heavy atom. The number of hydrogen-bond donors (Lipinski definition) is 1. The molecule has 0 unspecified atom stereocenters. The van der Waals surface area contributed by atoms with E-state index in [1.807, 2.05) is 0 Å². The Labute approximate surface area is 104 Å². The van der Waals surface area contributed by atoms with Gasteiger partial charge in [-0.05, 0) is 6.07 Å². The summed E-state index contributed by atoms with van der Waals surface area (Å²) in [5.41, 5.74) is -0.100. The normalized spacial score (nSPS) is 10.7. The van der Waals surface area contributed by atoms with Crippen molar-refractivity contribution < 1.29 is 17.9 Å². The van der Waals surface area contributed by atoms with E-state index in [-0.39, 0.29) is 23.4 Å². The summed E-state index contributed by atoms with van der Waals surface area (Å²) in [4.78, 5) is 14.8. The molecule has 0 fully saturated rings. The minimum absolute atomic E-state index is 0.0334. The summed E-state index contributed by atoms with van der Waals surface area (Å²) in [5, 5.41) is 8.34. The zero-order chi connectivity index (χ0) is 13.6. The Hall–Kier alpha value is -1.98. The van der Waals surface area contributed by atoms with Crippen LogP contribution < -0.4 is 4.72 Å². The Morgan fingerprint density at radius 1 is 1.61 bits per heavy atom. The number of aromatic nitrogens is 1. The molecule has 0 aliphatic heterocycles. The van der Waals surface area contributed by atoms with E-state index in [1.54, 1.807) is 6.07 Å². The summed E-state index contributed by atoms with van der Waals surface area (Å²) in [6, 6.07) is 3.06. The fourth-order valence-electron chi connectivity index (χ4n) is 1.19. The number of ether oxygens (including phenoxy) is 1. The van der Waals surface area contributed by atoms with Crippen molar-refractivity contribution >= 4 is 16.0 Å². The molecular weight excluding hydrogens is 258 g/mol. The maximum atomic E-state index is 11.9. The van der Waals surface area contributed by atoms with Gasteiger partial charge in [-0.25, -0.2) is 17.9 Å². The van der Waals surface area contributed by atoms with Crippen LogP contribution in [0.3, 0.4) is 0 Å². The topological polar surface area (TPSA) is 109 Å². The molecule has 0 aliphatic rings. The van der Waals surface area contributed by atoms with Gasteiger partial charge in [0.2, 0.25) is 10.0 Å². The molecule has 0 bridgehead atoms. The summed E-state index contributed by atoms with van der Waals surface area (Å²) in [6.07, 6.45) is 2.38. The molecule has 0 saturated heterocycles. The molecule has 1 aromatic heterocycles. The SMILES string of the molecule is COC(=O)c1ccncc1S(=O)(=O)NCCC#N. The van der Waals surface area contributed by atoms with E-state index in [0.29, 0.717) is 0 Å². The molecular formula is C10H11N3O4S. The first-order valence-electron chi connectivity index (χ1n) is 4.92. The largest absolute Gasteiger partial charge is 0.465 e. The molecule has 0 aliphatic carbocycles. The number of carbonyl (C=O) groups is 1. The lowest BCUT2D eigenvalue weighted by atomic mass is 10.3. The van der Waals surface area contributed by atoms with E-state index in [2.05, 4.69) is 14.4 Å². The Balaban J connectivity index is 3.09. The number of pyridine rings is 1. The molecule has 1 N–H and O–H groups in total. The van der Waals surface area contributed by atoms with E-state index in [0.717, 1.165) is 13.3 Å². The number of sulfonamides is 1. The van der Waals surface area contributed by atoms with Crippen molar-refractivity contribution in [1.29, 1.82) is 5.26 Å². The van der Waals surface area contributed by atoms with Crippen molar-refractivity contribution in [3.05, 3.63) is 24.0 Å². The second-order valence-electron chi connectivity index (χ2n) is 3.17. The molecule has 0 spiro atoms. The number of rotatable bonds is 5. The maximum Gasteiger partial charge on any atom is 0.339 e. The number of methoxy groups -OCH3 is 1. The highest BCUT2D eigenvalue weighted by atomic mass is 32.2. The quantitative estimate of drug-likeness (QED) is 0.598. The molecule has 1 heterocycles. The molecule has 0 atom stereocenters. The maximum absolute atomic E-state index is 11.9. The van der Waals surface area contributed by atoms with E-state index < -0.39 is 16.0 Å². The minimum atomic E-state index is -3.88. The molecule has 0 amide bonds. The Morgan fingerprint density at radius 3 is 2.94 bits per heavy atom. The van der Waals surface area contributed by atoms with Gasteiger partial charge < -0.3 is 4.74 Å². The first-order valence-corrected chi connectivity index (χ1v) is 6.40. The predicted octanol–water partition coefficient (Wildman–Crippen LogP) is 0.0602. The van der Waals surface area contributed by atoms with Crippen LogP contribution in [0.5, 0.6) is 0 Å². The van der Waals surface area contributed by atoms with Gasteiger partial charge in [-0.3, -0.25) is 4.98 Å². The van der Waals surface area contributed by atoms with E-state index in [1.165, 1.54) is 12.3 Å². The van der Waals surface area contributed by atoms with Gasteiger partial charge in [0.1, 0.15) is 4.90 Å². The van der Waals surface area contributed by atoms with Crippen molar-refractivity contribution in [3.63, 3.8) is 0 Å². The standard InChI is InChI=1S/C10H11N3O4S/c1-17-10(14)8-3-6-12-7-9(8)18(15,16)13-5-2-4-11/h3,6-7,13H,2,5H2,1H3. The van der Waals surface area contributed by atoms with Gasteiger partial charge in [-0.1, -0.05) is 0 Å². The molecule has 0 saturated carbocycles. The van der Waals surface area contributed by atoms with Gasteiger partial charge >= 0.3 is 5.97 Å². The van der Waals surface area contributed by atoms with Crippen LogP contribution in [-0.4, -0.2) is 33.0 Å². The lowest BCUT2D eigenvalue weighted by Gasteiger charge is -2.08. The van der Waals surface area contributed by atoms with Gasteiger partial charge in [0, 0.05) is 25.4 Å². The number of hydrogen-bond acceptors (Lipinski definition) is 6. The van der Waals surface area contributed by atoms with Gasteiger partial charge in [-0.2, -0.15) is 5.26 Å². The van der Waals surface area contributed by atoms with Crippen LogP contribution in [0.25, 0.3) is 0 Å². The summed E-state index contributed by atoms with van der Waals surface area (Å²) in [6.45, 7) is -0.0334. The highest BCUT2D eigenvalue weighted by Gasteiger charge is 2.22. The molecule has 7 nitrogen and oxygen atoms in total. The average Bonchev–Trinajstić information content (AvgIpc) is 2.38. The lowest BCUT2D eigenvalue weighted by Crippen LogP contribution is -2.26. The van der Waals surface area contributed by atoms with Crippen LogP contribution in [0.1, 0.15) is 16.8 Å². The number of nitrogens with one attached hydrogen (secondary N) is 1. The second kappa shape index (κ2) is 6.09. The van der Waals surface area contributed by atoms with Crippen LogP contribution in [0.2, 0.25) is 0 Å². The van der Waals surface area contributed by atoms with Crippen molar-refractivity contribution in [2.24, 2.45) is 0 Å². The third-order valence-electron chi connectivity index (χ3n) is 2.01. The van der Waals surface area contributed by atoms with Gasteiger partial charge in [-0.15, -0.1) is 0 Å². The number of nitriles is 1. The van der Waals surface area contributed by atoms with Crippen LogP contribution in [0.4, 0.5) is 0 Å². The monoisotopic (exact) mass is 269 g/mol. The zero-order valence-corrected chi connectivity index (χ0v) is 10.4. The predicted molar refractivity (Wildman–Crippen MR) is 61.0 cm³/mol. The van der Waals surface area contributed by atoms with E-state index >= 15 is 0 Å². The van der Waals surface area contributed by atoms with Crippen molar-refractivity contribution in [2.75, 3.05) is 13.7 Å². The molecule has 1 aromatic rings. The summed E-state index contributed by atoms with van der Waals surface area (Å²) in [7, 11) is -2.73. The molecule has 8 heteroatoms. The summed E-state index contributed by atoms with van der Waals surface area (Å²) >= 11 is 0. The fraction of sp³-hybridized carbons (Fsp3) is 0.300. The Kier molecular flexibility index (Phi) is 4.76. The average molecular weight is 269 g/mol. The third-order valence-corrected chi connectivity index (χ3v) is 3.50. The molecule has 0 aromatic carbocycles. The summed E-state index contributed by atoms with van der Waals surface area (Å²) in [5.74, 6) is -0.766. The van der Waals surface area contributed by atoms with E-state index in [9.17, 15) is 13.2 Å². The van der Waals surface area contributed by atoms with Crippen molar-refractivity contribution in [3.8, 4) is 6.07 Å². The molecule has 0 radical (unpaired) electrons. The third kappa shape index (κ3) is 3.26. The number of nitrogens with zero attached hydrogens (tertiary/aromatic N) is 2. The second-order valence-corrected chi connectivity index (χ2v) is 4.90. The first-order chi connectivity index (χ1) is 8.53. The highest BCUT2D eigenvalue weighted by Crippen LogP contribution is 2.14. The van der Waals surface area contributed by atoms with E-state index in [4.69, 9.17) is 5.26 Å². The molecule has 1 rings (SSSR count). The minimum Gasteiger partial charge on any atom is -0.465 e. The van der Waals surface area contributed by atoms with Crippen LogP contribution in [-0.2, 0) is 14.8 Å². The van der Waals surface area contributed by atoms with Crippen LogP contribution >= 0.6 is 0 Å². The van der Waals surface area contributed by atoms with Gasteiger partial charge in [0.05, 0.1) is 18.7 Å². The number of esters is 1. The highest BCUT2D eigenvalue weighted by molar-refractivity contribution is 7.89. The van der Waals surface area contributed by atoms with Gasteiger partial charge in [0.25, 0.3) is 0 Å². The number of carbonyl (C=O) groups excluding carboxylic acids is 1. The van der Waals surface area contributed by atoms with Gasteiger partial charge in [0.15, 0.2) is 0 Å². The smallest absolute Gasteiger partial charge is 0.339 e. The van der Waals surface area contributed by atoms with Crippen molar-refractivity contribution in [2.45, 2.75) is 11.3 Å². The lowest BCUT2D eigenvalue weighted by molar-refractivity contribution is 0.0596. The van der Waals surface area contributed by atoms with Crippen LogP contribution in [0.15, 0.2) is 23.4 Å². The fourth-order valence-corrected chi connectivity index (χ4v) is 2.36. The van der Waals surface area contributed by atoms with Crippen molar-refractivity contribution in [1.82, 2.24) is 9.71 Å². The van der Waals surface area contributed by atoms with Crippen LogP contribution in [0, 0.1) is 11.3 Å². The zero-order valence-electron chi connectivity index (χ0n) is 9.58. The molecule has 96 valence electrons. The first kappa shape index (κ1) is 14.1. The summed E-state index contributed by atoms with van der Waals surface area (Å²) < 4.78 is 30.4. The Bertz CT molecular complexity index is 577.